The predicted octanol–water partition coefficient (Wildman–Crippen LogP) is 3.28. The van der Waals surface area contributed by atoms with Gasteiger partial charge in [-0.25, -0.2) is 0 Å². The van der Waals surface area contributed by atoms with Crippen molar-refractivity contribution in [2.45, 2.75) is 42.8 Å². The summed E-state index contributed by atoms with van der Waals surface area (Å²) in [6, 6.07) is 7.70. The number of likely N-dealkylation sites (tertiary alicyclic amines) is 1. The van der Waals surface area contributed by atoms with Gasteiger partial charge in [-0.2, -0.15) is 0 Å². The molecule has 1 aromatic rings. The molecule has 0 radical (unpaired) electrons. The molecule has 6 heteroatoms. The van der Waals surface area contributed by atoms with Gasteiger partial charge in [-0.05, 0) is 56.4 Å². The Morgan fingerprint density at radius 1 is 1.38 bits per heavy atom. The largest absolute Gasteiger partial charge is 0.497 e. The maximum absolute atomic E-state index is 12.7. The first-order valence-electron chi connectivity index (χ1n) is 8.31. The van der Waals surface area contributed by atoms with Crippen LogP contribution in [0.3, 0.4) is 0 Å². The molecular weight excluding hydrogens is 326 g/mol. The number of hydrogen-bond donors (Lipinski definition) is 1. The summed E-state index contributed by atoms with van der Waals surface area (Å²) in [5.74, 6) is 0.477. The van der Waals surface area contributed by atoms with Gasteiger partial charge < -0.3 is 14.7 Å². The second-order valence-electron chi connectivity index (χ2n) is 6.16. The lowest BCUT2D eigenvalue weighted by molar-refractivity contribution is -0.137. The zero-order valence-electron chi connectivity index (χ0n) is 14.2. The summed E-state index contributed by atoms with van der Waals surface area (Å²) in [4.78, 5) is 26.3. The molecular formula is C18H25NO4S. The van der Waals surface area contributed by atoms with Crippen molar-refractivity contribution < 1.29 is 19.4 Å². The number of carbonyl (C=O) groups is 2. The third kappa shape index (κ3) is 5.44. The maximum atomic E-state index is 12.7. The molecule has 0 aromatic heterocycles. The normalized spacial score (nSPS) is 18.9. The Kier molecular flexibility index (Phi) is 6.97. The number of ether oxygens (including phenoxy) is 1. The summed E-state index contributed by atoms with van der Waals surface area (Å²) >= 11 is 1.54. The van der Waals surface area contributed by atoms with Gasteiger partial charge >= 0.3 is 5.97 Å². The van der Waals surface area contributed by atoms with Crippen LogP contribution >= 0.6 is 11.8 Å². The highest BCUT2D eigenvalue weighted by Gasteiger charge is 2.27. The highest BCUT2D eigenvalue weighted by atomic mass is 32.2. The molecule has 132 valence electrons. The van der Waals surface area contributed by atoms with E-state index >= 15 is 0 Å². The van der Waals surface area contributed by atoms with Gasteiger partial charge in [0.05, 0.1) is 12.4 Å². The number of piperidine rings is 1. The Labute approximate surface area is 147 Å². The molecule has 1 saturated heterocycles. The number of thioether (sulfide) groups is 1. The molecule has 0 aliphatic carbocycles. The number of benzene rings is 1. The Hall–Kier alpha value is -1.69. The minimum Gasteiger partial charge on any atom is -0.497 e. The molecule has 1 fully saturated rings. The van der Waals surface area contributed by atoms with Crippen molar-refractivity contribution >= 4 is 23.6 Å². The van der Waals surface area contributed by atoms with Crippen molar-refractivity contribution in [3.63, 3.8) is 0 Å². The molecule has 2 atom stereocenters. The summed E-state index contributed by atoms with van der Waals surface area (Å²) in [7, 11) is 1.63. The van der Waals surface area contributed by atoms with Crippen molar-refractivity contribution in [2.24, 2.45) is 5.92 Å². The van der Waals surface area contributed by atoms with E-state index in [0.717, 1.165) is 30.0 Å². The van der Waals surface area contributed by atoms with Crippen LogP contribution in [0.2, 0.25) is 0 Å². The zero-order chi connectivity index (χ0) is 17.5. The smallest absolute Gasteiger partial charge is 0.303 e. The molecule has 1 N–H and O–H groups in total. The fourth-order valence-electron chi connectivity index (χ4n) is 2.99. The summed E-state index contributed by atoms with van der Waals surface area (Å²) in [5, 5.41) is 8.66. The van der Waals surface area contributed by atoms with E-state index < -0.39 is 5.97 Å². The highest BCUT2D eigenvalue weighted by molar-refractivity contribution is 8.00. The van der Waals surface area contributed by atoms with Gasteiger partial charge in [0.1, 0.15) is 5.75 Å². The fourth-order valence-corrected chi connectivity index (χ4v) is 3.95. The van der Waals surface area contributed by atoms with E-state index in [2.05, 4.69) is 0 Å². The maximum Gasteiger partial charge on any atom is 0.303 e. The Morgan fingerprint density at radius 3 is 2.71 bits per heavy atom. The van der Waals surface area contributed by atoms with Crippen molar-refractivity contribution in [1.29, 1.82) is 0 Å². The zero-order valence-corrected chi connectivity index (χ0v) is 15.1. The second-order valence-corrected chi connectivity index (χ2v) is 7.57. The number of aliphatic carboxylic acids is 1. The quantitative estimate of drug-likeness (QED) is 0.764. The number of carboxylic acid groups (broad SMARTS) is 1. The lowest BCUT2D eigenvalue weighted by atomic mass is 9.93. The number of amides is 1. The standard InChI is InChI=1S/C18H25NO4S/c1-13(24-16-8-6-15(23-2)7-9-16)18(22)19-11-3-4-14(12-19)5-10-17(20)21/h6-9,13-14H,3-5,10-12H2,1-2H3,(H,20,21). The van der Waals surface area contributed by atoms with Crippen LogP contribution in [0.15, 0.2) is 29.2 Å². The summed E-state index contributed by atoms with van der Waals surface area (Å²) in [6.07, 6.45) is 2.80. The SMILES string of the molecule is COc1ccc(SC(C)C(=O)N2CCCC(CCC(=O)O)C2)cc1. The highest BCUT2D eigenvalue weighted by Crippen LogP contribution is 2.28. The molecule has 1 aliphatic rings. The van der Waals surface area contributed by atoms with E-state index in [1.165, 1.54) is 0 Å². The number of methoxy groups -OCH3 is 1. The van der Waals surface area contributed by atoms with Crippen molar-refractivity contribution in [3.05, 3.63) is 24.3 Å². The first-order chi connectivity index (χ1) is 11.5. The average molecular weight is 351 g/mol. The van der Waals surface area contributed by atoms with Crippen molar-refractivity contribution in [2.75, 3.05) is 20.2 Å². The third-order valence-electron chi connectivity index (χ3n) is 4.32. The van der Waals surface area contributed by atoms with Crippen molar-refractivity contribution in [1.82, 2.24) is 4.90 Å². The first-order valence-corrected chi connectivity index (χ1v) is 9.19. The predicted molar refractivity (Wildman–Crippen MR) is 94.5 cm³/mol. The van der Waals surface area contributed by atoms with E-state index in [9.17, 15) is 9.59 Å². The second kappa shape index (κ2) is 8.97. The lowest BCUT2D eigenvalue weighted by Gasteiger charge is -2.34. The molecule has 1 aliphatic heterocycles. The molecule has 1 amide bonds. The van der Waals surface area contributed by atoms with Crippen LogP contribution in [-0.2, 0) is 9.59 Å². The monoisotopic (exact) mass is 351 g/mol. The number of hydrogen-bond acceptors (Lipinski definition) is 4. The number of carbonyl (C=O) groups excluding carboxylic acids is 1. The van der Waals surface area contributed by atoms with Crippen LogP contribution in [0.25, 0.3) is 0 Å². The summed E-state index contributed by atoms with van der Waals surface area (Å²) < 4.78 is 5.14. The molecule has 0 saturated carbocycles. The van der Waals surface area contributed by atoms with Gasteiger partial charge in [0.25, 0.3) is 0 Å². The molecule has 1 heterocycles. The van der Waals surface area contributed by atoms with Crippen LogP contribution in [0.4, 0.5) is 0 Å². The Bertz CT molecular complexity index is 561. The van der Waals surface area contributed by atoms with Crippen LogP contribution in [-0.4, -0.2) is 47.3 Å². The molecule has 0 spiro atoms. The van der Waals surface area contributed by atoms with Crippen LogP contribution in [0, 0.1) is 5.92 Å². The van der Waals surface area contributed by atoms with Crippen molar-refractivity contribution in [3.8, 4) is 5.75 Å². The van der Waals surface area contributed by atoms with Gasteiger partial charge in [0, 0.05) is 24.4 Å². The molecule has 2 rings (SSSR count). The minimum atomic E-state index is -0.762. The van der Waals surface area contributed by atoms with E-state index in [1.54, 1.807) is 18.9 Å². The molecule has 5 nitrogen and oxygen atoms in total. The fraction of sp³-hybridized carbons (Fsp3) is 0.556. The van der Waals surface area contributed by atoms with Gasteiger partial charge in [-0.3, -0.25) is 9.59 Å². The summed E-state index contributed by atoms with van der Waals surface area (Å²) in [5.41, 5.74) is 0. The van der Waals surface area contributed by atoms with E-state index in [-0.39, 0.29) is 17.6 Å². The lowest BCUT2D eigenvalue weighted by Crippen LogP contribution is -2.43. The molecule has 2 unspecified atom stereocenters. The molecule has 0 bridgehead atoms. The molecule has 1 aromatic carbocycles. The van der Waals surface area contributed by atoms with Crippen LogP contribution in [0.1, 0.15) is 32.6 Å². The van der Waals surface area contributed by atoms with Gasteiger partial charge in [0.15, 0.2) is 0 Å². The third-order valence-corrected chi connectivity index (χ3v) is 5.42. The van der Waals surface area contributed by atoms with E-state index in [1.807, 2.05) is 36.1 Å². The van der Waals surface area contributed by atoms with Gasteiger partial charge in [0.2, 0.25) is 5.91 Å². The number of rotatable bonds is 7. The minimum absolute atomic E-state index is 0.135. The summed E-state index contributed by atoms with van der Waals surface area (Å²) in [6.45, 7) is 3.38. The molecule has 24 heavy (non-hydrogen) atoms. The van der Waals surface area contributed by atoms with Crippen LogP contribution in [0.5, 0.6) is 5.75 Å². The first kappa shape index (κ1) is 18.6. The number of nitrogens with zero attached hydrogens (tertiary/aromatic N) is 1. The Morgan fingerprint density at radius 2 is 2.08 bits per heavy atom. The van der Waals surface area contributed by atoms with Gasteiger partial charge in [-0.15, -0.1) is 11.8 Å². The Balaban J connectivity index is 1.87. The average Bonchev–Trinajstić information content (AvgIpc) is 2.60. The number of carboxylic acids is 1. The van der Waals surface area contributed by atoms with Crippen LogP contribution < -0.4 is 4.74 Å². The van der Waals surface area contributed by atoms with Gasteiger partial charge in [-0.1, -0.05) is 0 Å². The topological polar surface area (TPSA) is 66.8 Å². The van der Waals surface area contributed by atoms with E-state index in [4.69, 9.17) is 9.84 Å². The van der Waals surface area contributed by atoms with E-state index in [0.29, 0.717) is 18.9 Å².